The van der Waals surface area contributed by atoms with Crippen LogP contribution in [0.5, 0.6) is 0 Å². The molecule has 0 aliphatic heterocycles. The molecule has 8 nitrogen and oxygen atoms in total. The first-order valence-electron chi connectivity index (χ1n) is 11.2. The van der Waals surface area contributed by atoms with Gasteiger partial charge in [-0.05, 0) is 64.1 Å². The third-order valence-corrected chi connectivity index (χ3v) is 7.21. The normalized spacial score (nSPS) is 11.1. The Balaban J connectivity index is 1.42. The van der Waals surface area contributed by atoms with Crippen LogP contribution in [-0.4, -0.2) is 43.8 Å². The van der Waals surface area contributed by atoms with Gasteiger partial charge < -0.3 is 10.1 Å². The minimum atomic E-state index is -0.424. The summed E-state index contributed by atoms with van der Waals surface area (Å²) in [6.45, 7) is 2.03. The van der Waals surface area contributed by atoms with Crippen molar-refractivity contribution in [2.24, 2.45) is 0 Å². The number of anilines is 1. The number of hydrogen-bond acceptors (Lipinski definition) is 7. The highest BCUT2D eigenvalue weighted by Gasteiger charge is 2.19. The second kappa shape index (κ2) is 10.9. The quantitative estimate of drug-likeness (QED) is 0.134. The summed E-state index contributed by atoms with van der Waals surface area (Å²) in [5, 5.41) is 5.63. The third-order valence-electron chi connectivity index (χ3n) is 5.43. The predicted molar refractivity (Wildman–Crippen MR) is 149 cm³/mol. The highest BCUT2D eigenvalue weighted by atomic mass is 79.9. The molecule has 2 aromatic heterocycles. The third kappa shape index (κ3) is 5.31. The molecule has 3 aromatic carbocycles. The lowest BCUT2D eigenvalue weighted by Gasteiger charge is -2.12. The Bertz CT molecular complexity index is 1650. The molecule has 0 radical (unpaired) electrons. The van der Waals surface area contributed by atoms with Gasteiger partial charge in [0.1, 0.15) is 5.52 Å². The molecule has 37 heavy (non-hydrogen) atoms. The zero-order valence-corrected chi connectivity index (χ0v) is 22.6. The largest absolute Gasteiger partial charge is 0.462 e. The molecule has 0 aliphatic carbocycles. The number of carbonyl (C=O) groups excluding carboxylic acids is 2. The Kier molecular flexibility index (Phi) is 7.40. The van der Waals surface area contributed by atoms with Gasteiger partial charge in [0.25, 0.3) is 0 Å². The van der Waals surface area contributed by atoms with Crippen LogP contribution in [0.3, 0.4) is 0 Å². The van der Waals surface area contributed by atoms with Gasteiger partial charge in [0.05, 0.1) is 35.5 Å². The second-order valence-electron chi connectivity index (χ2n) is 7.83. The van der Waals surface area contributed by atoms with Crippen LogP contribution in [-0.2, 0) is 9.53 Å². The molecule has 0 spiro atoms. The second-order valence-corrected chi connectivity index (χ2v) is 9.96. The van der Waals surface area contributed by atoms with Crippen LogP contribution in [0.4, 0.5) is 5.69 Å². The van der Waals surface area contributed by atoms with Gasteiger partial charge >= 0.3 is 5.97 Å². The van der Waals surface area contributed by atoms with Gasteiger partial charge in [0.15, 0.2) is 10.8 Å². The standard InChI is InChI=1S/C26H19BrClN5O3S/c1-2-36-24(35)16-10-11-19(18(27)12-16)30-22(34)14-37-26-31-20-13-29-25(28)32-23(20)33(26)21-9-5-7-15-6-3-4-8-17(15)21/h3-13H,2,14H2,1H3,(H,30,34). The lowest BCUT2D eigenvalue weighted by atomic mass is 10.1. The molecular weight excluding hydrogens is 578 g/mol. The number of carbonyl (C=O) groups is 2. The molecule has 11 heteroatoms. The van der Waals surface area contributed by atoms with E-state index < -0.39 is 5.97 Å². The summed E-state index contributed by atoms with van der Waals surface area (Å²) in [5.41, 5.74) is 2.92. The maximum Gasteiger partial charge on any atom is 0.338 e. The van der Waals surface area contributed by atoms with E-state index in [4.69, 9.17) is 16.3 Å². The number of amides is 1. The number of hydrogen-bond donors (Lipinski definition) is 1. The van der Waals surface area contributed by atoms with Crippen molar-refractivity contribution in [3.63, 3.8) is 0 Å². The molecule has 5 aromatic rings. The van der Waals surface area contributed by atoms with Crippen LogP contribution in [0.2, 0.25) is 5.28 Å². The molecule has 0 aliphatic rings. The fourth-order valence-corrected chi connectivity index (χ4v) is 5.24. The van der Waals surface area contributed by atoms with E-state index in [0.29, 0.717) is 32.0 Å². The van der Waals surface area contributed by atoms with E-state index in [0.717, 1.165) is 16.5 Å². The fraction of sp³-hybridized carbons (Fsp3) is 0.115. The summed E-state index contributed by atoms with van der Waals surface area (Å²) in [6, 6.07) is 18.9. The van der Waals surface area contributed by atoms with Crippen molar-refractivity contribution < 1.29 is 14.3 Å². The molecular formula is C26H19BrClN5O3S. The van der Waals surface area contributed by atoms with E-state index in [1.54, 1.807) is 31.3 Å². The van der Waals surface area contributed by atoms with Gasteiger partial charge in [0.2, 0.25) is 11.2 Å². The van der Waals surface area contributed by atoms with Crippen molar-refractivity contribution >= 4 is 78.8 Å². The molecule has 1 amide bonds. The van der Waals surface area contributed by atoms with Crippen molar-refractivity contribution in [1.29, 1.82) is 0 Å². The van der Waals surface area contributed by atoms with Crippen molar-refractivity contribution in [2.45, 2.75) is 12.1 Å². The van der Waals surface area contributed by atoms with Crippen molar-refractivity contribution in [3.8, 4) is 5.69 Å². The van der Waals surface area contributed by atoms with Gasteiger partial charge in [0, 0.05) is 9.86 Å². The van der Waals surface area contributed by atoms with Crippen molar-refractivity contribution in [3.05, 3.63) is 82.2 Å². The zero-order valence-electron chi connectivity index (χ0n) is 19.4. The molecule has 0 bridgehead atoms. The number of imidazole rings is 1. The number of aromatic nitrogens is 4. The summed E-state index contributed by atoms with van der Waals surface area (Å²) in [6.07, 6.45) is 1.57. The van der Waals surface area contributed by atoms with Crippen LogP contribution >= 0.6 is 39.3 Å². The van der Waals surface area contributed by atoms with E-state index in [9.17, 15) is 9.59 Å². The topological polar surface area (TPSA) is 99.0 Å². The monoisotopic (exact) mass is 595 g/mol. The van der Waals surface area contributed by atoms with E-state index in [1.807, 2.05) is 47.0 Å². The summed E-state index contributed by atoms with van der Waals surface area (Å²) in [5.74, 6) is -0.580. The molecule has 2 heterocycles. The van der Waals surface area contributed by atoms with E-state index in [2.05, 4.69) is 36.2 Å². The lowest BCUT2D eigenvalue weighted by molar-refractivity contribution is -0.113. The van der Waals surface area contributed by atoms with Crippen LogP contribution in [0.15, 0.2) is 76.5 Å². The number of thioether (sulfide) groups is 1. The summed E-state index contributed by atoms with van der Waals surface area (Å²) in [4.78, 5) is 38.0. The maximum absolute atomic E-state index is 12.9. The molecule has 1 N–H and O–H groups in total. The number of fused-ring (bicyclic) bond motifs is 2. The van der Waals surface area contributed by atoms with Gasteiger partial charge in [-0.2, -0.15) is 4.98 Å². The summed E-state index contributed by atoms with van der Waals surface area (Å²) in [7, 11) is 0. The minimum absolute atomic E-state index is 0.0846. The van der Waals surface area contributed by atoms with Gasteiger partial charge in [-0.1, -0.05) is 48.2 Å². The van der Waals surface area contributed by atoms with Crippen molar-refractivity contribution in [1.82, 2.24) is 19.5 Å². The van der Waals surface area contributed by atoms with Gasteiger partial charge in [-0.25, -0.2) is 14.8 Å². The summed E-state index contributed by atoms with van der Waals surface area (Å²) < 4.78 is 7.49. The number of nitrogens with one attached hydrogen (secondary N) is 1. The highest BCUT2D eigenvalue weighted by Crippen LogP contribution is 2.32. The SMILES string of the molecule is CCOC(=O)c1ccc(NC(=O)CSc2nc3cnc(Cl)nc3n2-c2cccc3ccccc23)c(Br)c1. The molecule has 5 rings (SSSR count). The van der Waals surface area contributed by atoms with E-state index in [1.165, 1.54) is 11.8 Å². The fourth-order valence-electron chi connectivity index (χ4n) is 3.82. The number of ether oxygens (including phenoxy) is 1. The first kappa shape index (κ1) is 25.2. The van der Waals surface area contributed by atoms with E-state index in [-0.39, 0.29) is 23.6 Å². The Hall–Kier alpha value is -3.47. The molecule has 0 atom stereocenters. The molecule has 186 valence electrons. The maximum atomic E-state index is 12.9. The summed E-state index contributed by atoms with van der Waals surface area (Å²) >= 11 is 10.8. The molecule has 0 unspecified atom stereocenters. The van der Waals surface area contributed by atoms with Crippen molar-refractivity contribution in [2.75, 3.05) is 17.7 Å². The molecule has 0 fully saturated rings. The Morgan fingerprint density at radius 2 is 1.92 bits per heavy atom. The van der Waals surface area contributed by atoms with Crippen LogP contribution in [0, 0.1) is 0 Å². The van der Waals surface area contributed by atoms with Crippen LogP contribution < -0.4 is 5.32 Å². The smallest absolute Gasteiger partial charge is 0.338 e. The number of rotatable bonds is 7. The van der Waals surface area contributed by atoms with Crippen LogP contribution in [0.25, 0.3) is 27.6 Å². The average Bonchev–Trinajstić information content (AvgIpc) is 3.25. The van der Waals surface area contributed by atoms with Gasteiger partial charge in [-0.15, -0.1) is 0 Å². The average molecular weight is 597 g/mol. The molecule has 0 saturated heterocycles. The lowest BCUT2D eigenvalue weighted by Crippen LogP contribution is -2.15. The molecule has 0 saturated carbocycles. The number of benzene rings is 3. The Labute approximate surface area is 229 Å². The minimum Gasteiger partial charge on any atom is -0.462 e. The highest BCUT2D eigenvalue weighted by molar-refractivity contribution is 9.10. The Morgan fingerprint density at radius 1 is 1.11 bits per heavy atom. The number of nitrogens with zero attached hydrogens (tertiary/aromatic N) is 4. The predicted octanol–water partition coefficient (Wildman–Crippen LogP) is 6.29. The number of esters is 1. The van der Waals surface area contributed by atoms with Gasteiger partial charge in [-0.3, -0.25) is 9.36 Å². The first-order valence-corrected chi connectivity index (χ1v) is 13.4. The number of halogens is 2. The van der Waals surface area contributed by atoms with Crippen LogP contribution in [0.1, 0.15) is 17.3 Å². The zero-order chi connectivity index (χ0) is 25.9. The van der Waals surface area contributed by atoms with E-state index >= 15 is 0 Å². The Morgan fingerprint density at radius 3 is 2.73 bits per heavy atom. The first-order chi connectivity index (χ1) is 17.9.